The van der Waals surface area contributed by atoms with Crippen LogP contribution in [-0.2, 0) is 8.98 Å². The number of carbonyl (C=O) groups excluding carboxylic acids is 1. The quantitative estimate of drug-likeness (QED) is 0.742. The molecule has 0 spiro atoms. The normalized spacial score (nSPS) is 18.6. The first-order valence-electron chi connectivity index (χ1n) is 3.67. The molecule has 1 N–H and O–H groups in total. The molecule has 4 nitrogen and oxygen atoms in total. The molecule has 0 heterocycles. The van der Waals surface area contributed by atoms with Gasteiger partial charge in [-0.3, -0.25) is 13.5 Å². The van der Waals surface area contributed by atoms with Crippen LogP contribution in [0, 0.1) is 5.92 Å². The van der Waals surface area contributed by atoms with Gasteiger partial charge in [-0.15, -0.1) is 10.8 Å². The Bertz CT molecular complexity index is 170. The summed E-state index contributed by atoms with van der Waals surface area (Å²) in [6.07, 6.45) is 1.51. The van der Waals surface area contributed by atoms with Gasteiger partial charge in [0.25, 0.3) is 0 Å². The lowest BCUT2D eigenvalue weighted by molar-refractivity contribution is -0.129. The van der Waals surface area contributed by atoms with Crippen molar-refractivity contribution >= 4 is 16.7 Å². The monoisotopic (exact) mass is 195 g/mol. The van der Waals surface area contributed by atoms with Gasteiger partial charge in [0.05, 0.1) is 7.11 Å². The predicted molar refractivity (Wildman–Crippen MR) is 50.8 cm³/mol. The van der Waals surface area contributed by atoms with Gasteiger partial charge in [-0.05, 0) is 0 Å². The lowest BCUT2D eigenvalue weighted by Crippen LogP contribution is -2.33. The van der Waals surface area contributed by atoms with Gasteiger partial charge in [-0.2, -0.15) is 0 Å². The van der Waals surface area contributed by atoms with E-state index < -0.39 is 10.8 Å². The summed E-state index contributed by atoms with van der Waals surface area (Å²) in [7, 11) is 0.572. The van der Waals surface area contributed by atoms with Crippen LogP contribution in [0.25, 0.3) is 0 Å². The van der Waals surface area contributed by atoms with Crippen molar-refractivity contribution in [2.75, 3.05) is 20.4 Å². The van der Waals surface area contributed by atoms with Gasteiger partial charge < -0.3 is 0 Å². The maximum absolute atomic E-state index is 11.4. The Hall–Kier alpha value is -0.260. The zero-order valence-corrected chi connectivity index (χ0v) is 9.01. The molecule has 1 unspecified atom stereocenters. The first kappa shape index (κ1) is 11.7. The van der Waals surface area contributed by atoms with Gasteiger partial charge >= 0.3 is 0 Å². The van der Waals surface area contributed by atoms with E-state index in [4.69, 9.17) is 4.18 Å². The molecule has 0 rings (SSSR count). The second-order valence-corrected chi connectivity index (χ2v) is 5.33. The van der Waals surface area contributed by atoms with Crippen LogP contribution >= 0.6 is 10.8 Å². The number of carbonyl (C=O) groups is 1. The highest BCUT2D eigenvalue weighted by molar-refractivity contribution is 8.22. The topological polar surface area (TPSA) is 49.8 Å². The second kappa shape index (κ2) is 4.11. The Balaban J connectivity index is 4.38. The maximum atomic E-state index is 11.4. The summed E-state index contributed by atoms with van der Waals surface area (Å²) in [6.45, 7) is 3.56. The van der Waals surface area contributed by atoms with Crippen molar-refractivity contribution in [3.8, 4) is 0 Å². The molecule has 0 saturated carbocycles. The summed E-state index contributed by atoms with van der Waals surface area (Å²) in [5, 5.41) is 0. The summed E-state index contributed by atoms with van der Waals surface area (Å²) in [5.41, 5.74) is 0. The van der Waals surface area contributed by atoms with Gasteiger partial charge in [0.2, 0.25) is 5.91 Å². The van der Waals surface area contributed by atoms with E-state index in [-0.39, 0.29) is 11.8 Å². The van der Waals surface area contributed by atoms with Crippen molar-refractivity contribution in [3.63, 3.8) is 0 Å². The van der Waals surface area contributed by atoms with E-state index >= 15 is 0 Å². The Labute approximate surface area is 75.4 Å². The van der Waals surface area contributed by atoms with Gasteiger partial charge in [0.1, 0.15) is 0 Å². The number of nitrogens with zero attached hydrogens (tertiary/aromatic N) is 1. The van der Waals surface area contributed by atoms with E-state index in [0.717, 1.165) is 0 Å². The SMILES string of the molecule is COS(C)(O)N(C)C(=O)C(C)C. The van der Waals surface area contributed by atoms with Crippen LogP contribution in [0.3, 0.4) is 0 Å². The van der Waals surface area contributed by atoms with Gasteiger partial charge in [-0.25, -0.2) is 4.31 Å². The maximum Gasteiger partial charge on any atom is 0.242 e. The Morgan fingerprint density at radius 1 is 1.58 bits per heavy atom. The molecule has 0 aromatic heterocycles. The minimum atomic E-state index is -2.36. The smallest absolute Gasteiger partial charge is 0.242 e. The molecule has 0 saturated heterocycles. The van der Waals surface area contributed by atoms with Gasteiger partial charge in [-0.1, -0.05) is 13.8 Å². The summed E-state index contributed by atoms with van der Waals surface area (Å²) >= 11 is 0. The lowest BCUT2D eigenvalue weighted by atomic mass is 10.2. The summed E-state index contributed by atoms with van der Waals surface area (Å²) in [6, 6.07) is 0. The summed E-state index contributed by atoms with van der Waals surface area (Å²) in [4.78, 5) is 11.4. The number of rotatable bonds is 3. The first-order chi connectivity index (χ1) is 5.33. The van der Waals surface area contributed by atoms with Gasteiger partial charge in [0, 0.05) is 19.2 Å². The molecule has 0 aliphatic heterocycles. The highest BCUT2D eigenvalue weighted by atomic mass is 32.3. The third-order valence-electron chi connectivity index (χ3n) is 1.63. The fraction of sp³-hybridized carbons (Fsp3) is 0.857. The molecule has 0 aliphatic carbocycles. The molecule has 0 aliphatic rings. The van der Waals surface area contributed by atoms with E-state index in [1.54, 1.807) is 20.9 Å². The van der Waals surface area contributed by atoms with E-state index in [9.17, 15) is 9.35 Å². The molecule has 0 bridgehead atoms. The minimum Gasteiger partial charge on any atom is -0.282 e. The third-order valence-corrected chi connectivity index (χ3v) is 3.46. The van der Waals surface area contributed by atoms with E-state index in [1.165, 1.54) is 17.7 Å². The molecule has 0 radical (unpaired) electrons. The van der Waals surface area contributed by atoms with Crippen LogP contribution in [-0.4, -0.2) is 35.2 Å². The Morgan fingerprint density at radius 2 is 2.00 bits per heavy atom. The number of hydrogen-bond donors (Lipinski definition) is 1. The first-order valence-corrected chi connectivity index (χ1v) is 5.55. The Kier molecular flexibility index (Phi) is 4.02. The highest BCUT2D eigenvalue weighted by Gasteiger charge is 2.23. The molecular weight excluding hydrogens is 178 g/mol. The third kappa shape index (κ3) is 2.66. The van der Waals surface area contributed by atoms with Crippen molar-refractivity contribution < 1.29 is 13.5 Å². The lowest BCUT2D eigenvalue weighted by Gasteiger charge is -2.41. The number of amides is 1. The van der Waals surface area contributed by atoms with Crippen molar-refractivity contribution in [3.05, 3.63) is 0 Å². The van der Waals surface area contributed by atoms with E-state index in [0.29, 0.717) is 0 Å². The molecular formula is C7H17NO3S. The standard InChI is InChI=1S/C7H17NO3S/c1-6(2)7(9)8(3)12(5,10)11-4/h6,10H,1-5H3. The van der Waals surface area contributed by atoms with Crippen LogP contribution in [0.1, 0.15) is 13.8 Å². The fourth-order valence-corrected chi connectivity index (χ4v) is 1.41. The highest BCUT2D eigenvalue weighted by Crippen LogP contribution is 2.43. The van der Waals surface area contributed by atoms with Crippen molar-refractivity contribution in [1.29, 1.82) is 0 Å². The number of hydrogen-bond acceptors (Lipinski definition) is 3. The van der Waals surface area contributed by atoms with E-state index in [2.05, 4.69) is 0 Å². The van der Waals surface area contributed by atoms with Crippen LogP contribution < -0.4 is 0 Å². The van der Waals surface area contributed by atoms with Crippen LogP contribution in [0.15, 0.2) is 0 Å². The van der Waals surface area contributed by atoms with Gasteiger partial charge in [0.15, 0.2) is 0 Å². The molecule has 0 aromatic rings. The molecule has 1 atom stereocenters. The second-order valence-electron chi connectivity index (χ2n) is 2.92. The Morgan fingerprint density at radius 3 is 2.25 bits per heavy atom. The van der Waals surface area contributed by atoms with E-state index in [1.807, 2.05) is 0 Å². The summed E-state index contributed by atoms with van der Waals surface area (Å²) in [5.74, 6) is -0.235. The van der Waals surface area contributed by atoms with Crippen LogP contribution in [0.2, 0.25) is 0 Å². The average molecular weight is 195 g/mol. The molecule has 74 valence electrons. The molecule has 0 aromatic carbocycles. The van der Waals surface area contributed by atoms with Crippen molar-refractivity contribution in [2.24, 2.45) is 5.92 Å². The minimum absolute atomic E-state index is 0.114. The average Bonchev–Trinajstić information content (AvgIpc) is 2.01. The molecule has 1 amide bonds. The van der Waals surface area contributed by atoms with Crippen LogP contribution in [0.5, 0.6) is 0 Å². The largest absolute Gasteiger partial charge is 0.282 e. The molecule has 0 fully saturated rings. The van der Waals surface area contributed by atoms with Crippen molar-refractivity contribution in [2.45, 2.75) is 13.8 Å². The van der Waals surface area contributed by atoms with Crippen LogP contribution in [0.4, 0.5) is 0 Å². The predicted octanol–water partition coefficient (Wildman–Crippen LogP) is 1.48. The zero-order valence-electron chi connectivity index (χ0n) is 8.20. The summed E-state index contributed by atoms with van der Waals surface area (Å²) < 4.78 is 15.7. The fourth-order valence-electron chi connectivity index (χ4n) is 0.642. The molecule has 5 heteroatoms. The molecule has 12 heavy (non-hydrogen) atoms. The zero-order chi connectivity index (χ0) is 9.94. The van der Waals surface area contributed by atoms with Crippen molar-refractivity contribution in [1.82, 2.24) is 4.31 Å².